The van der Waals surface area contributed by atoms with E-state index in [0.29, 0.717) is 16.8 Å². The molecule has 2 nitrogen and oxygen atoms in total. The van der Waals surface area contributed by atoms with Crippen molar-refractivity contribution in [1.29, 1.82) is 0 Å². The van der Waals surface area contributed by atoms with Gasteiger partial charge in [-0.25, -0.2) is 9.37 Å². The maximum Gasteiger partial charge on any atom is 0.227 e. The molecule has 1 N–H and O–H groups in total. The van der Waals surface area contributed by atoms with E-state index in [1.807, 2.05) is 0 Å². The lowest BCUT2D eigenvalue weighted by Crippen LogP contribution is -1.89. The molecule has 2 rings (SSSR count). The molecular formula is C13H8FNO. The molecule has 0 bridgehead atoms. The minimum absolute atomic E-state index is 0.261. The molecule has 0 radical (unpaired) electrons. The number of benzene rings is 1. The summed E-state index contributed by atoms with van der Waals surface area (Å²) >= 11 is 0. The Hall–Kier alpha value is -2.34. The Balaban J connectivity index is 2.55. The van der Waals surface area contributed by atoms with Crippen LogP contribution in [-0.2, 0) is 0 Å². The Morgan fingerprint density at radius 1 is 1.19 bits per heavy atom. The summed E-state index contributed by atoms with van der Waals surface area (Å²) in [7, 11) is 0. The van der Waals surface area contributed by atoms with Crippen molar-refractivity contribution in [3.8, 4) is 29.5 Å². The highest BCUT2D eigenvalue weighted by atomic mass is 19.1. The summed E-state index contributed by atoms with van der Waals surface area (Å²) in [5.74, 6) is 1.64. The number of halogens is 1. The normalized spacial score (nSPS) is 9.75. The molecular weight excluding hydrogens is 205 g/mol. The smallest absolute Gasteiger partial charge is 0.227 e. The second-order valence-electron chi connectivity index (χ2n) is 3.19. The predicted octanol–water partition coefficient (Wildman–Crippen LogP) is 2.57. The first-order chi connectivity index (χ1) is 7.72. The molecule has 1 aromatic heterocycles. The number of hydrogen-bond donors (Lipinski definition) is 1. The van der Waals surface area contributed by atoms with Gasteiger partial charge in [0.2, 0.25) is 5.88 Å². The average Bonchev–Trinajstić information content (AvgIpc) is 2.29. The van der Waals surface area contributed by atoms with Gasteiger partial charge in [-0.3, -0.25) is 0 Å². The number of aromatic nitrogens is 1. The maximum absolute atomic E-state index is 13.4. The van der Waals surface area contributed by atoms with Gasteiger partial charge in [0.15, 0.2) is 0 Å². The highest BCUT2D eigenvalue weighted by Gasteiger charge is 2.07. The third-order valence-electron chi connectivity index (χ3n) is 2.18. The van der Waals surface area contributed by atoms with E-state index in [1.165, 1.54) is 12.1 Å². The van der Waals surface area contributed by atoms with Crippen molar-refractivity contribution in [3.63, 3.8) is 0 Å². The van der Waals surface area contributed by atoms with E-state index in [-0.39, 0.29) is 11.7 Å². The summed E-state index contributed by atoms with van der Waals surface area (Å²) in [5.41, 5.74) is 0.982. The Kier molecular flexibility index (Phi) is 2.57. The minimum Gasteiger partial charge on any atom is -0.492 e. The minimum atomic E-state index is -0.386. The van der Waals surface area contributed by atoms with Crippen molar-refractivity contribution < 1.29 is 9.50 Å². The number of nitrogens with zero attached hydrogens (tertiary/aromatic N) is 1. The van der Waals surface area contributed by atoms with Crippen molar-refractivity contribution in [2.45, 2.75) is 0 Å². The Morgan fingerprint density at radius 3 is 2.56 bits per heavy atom. The quantitative estimate of drug-likeness (QED) is 0.738. The van der Waals surface area contributed by atoms with Crippen LogP contribution in [0.1, 0.15) is 5.56 Å². The van der Waals surface area contributed by atoms with Crippen molar-refractivity contribution >= 4 is 0 Å². The monoisotopic (exact) mass is 213 g/mol. The number of terminal acetylenes is 1. The fraction of sp³-hybridized carbons (Fsp3) is 0. The summed E-state index contributed by atoms with van der Waals surface area (Å²) < 4.78 is 13.4. The van der Waals surface area contributed by atoms with Gasteiger partial charge in [0.1, 0.15) is 5.82 Å². The summed E-state index contributed by atoms with van der Waals surface area (Å²) in [6, 6.07) is 9.33. The standard InChI is InChI=1S/C13H8FNO/c1-2-9-7-8-12(15-13(9)16)10-5-3-4-6-11(10)14/h1,3-8H,(H,15,16). The van der Waals surface area contributed by atoms with Gasteiger partial charge in [0.05, 0.1) is 11.3 Å². The van der Waals surface area contributed by atoms with Gasteiger partial charge in [-0.2, -0.15) is 0 Å². The second kappa shape index (κ2) is 4.03. The first-order valence-electron chi connectivity index (χ1n) is 4.64. The Morgan fingerprint density at radius 2 is 1.94 bits per heavy atom. The van der Waals surface area contributed by atoms with Crippen molar-refractivity contribution in [1.82, 2.24) is 4.98 Å². The highest BCUT2D eigenvalue weighted by Crippen LogP contribution is 2.23. The van der Waals surface area contributed by atoms with Gasteiger partial charge in [0.25, 0.3) is 0 Å². The third kappa shape index (κ3) is 1.73. The molecule has 0 aliphatic carbocycles. The highest BCUT2D eigenvalue weighted by molar-refractivity contribution is 5.61. The Labute approximate surface area is 92.4 Å². The topological polar surface area (TPSA) is 33.1 Å². The van der Waals surface area contributed by atoms with Gasteiger partial charge >= 0.3 is 0 Å². The van der Waals surface area contributed by atoms with Crippen LogP contribution in [0.5, 0.6) is 5.88 Å². The van der Waals surface area contributed by atoms with Crippen LogP contribution in [0.25, 0.3) is 11.3 Å². The zero-order chi connectivity index (χ0) is 11.5. The molecule has 2 aromatic rings. The van der Waals surface area contributed by atoms with Crippen molar-refractivity contribution in [3.05, 3.63) is 47.8 Å². The third-order valence-corrected chi connectivity index (χ3v) is 2.18. The SMILES string of the molecule is C#Cc1ccc(-c2ccccc2F)nc1O. The van der Waals surface area contributed by atoms with Gasteiger partial charge in [-0.15, -0.1) is 6.42 Å². The van der Waals surface area contributed by atoms with E-state index < -0.39 is 0 Å². The van der Waals surface area contributed by atoms with Crippen LogP contribution in [-0.4, -0.2) is 10.1 Å². The van der Waals surface area contributed by atoms with E-state index in [0.717, 1.165) is 0 Å². The summed E-state index contributed by atoms with van der Waals surface area (Å²) in [6.45, 7) is 0. The summed E-state index contributed by atoms with van der Waals surface area (Å²) in [6.07, 6.45) is 5.15. The number of pyridine rings is 1. The summed E-state index contributed by atoms with van der Waals surface area (Å²) in [5, 5.41) is 9.47. The largest absolute Gasteiger partial charge is 0.492 e. The van der Waals surface area contributed by atoms with Gasteiger partial charge in [-0.05, 0) is 24.3 Å². The Bertz CT molecular complexity index is 572. The van der Waals surface area contributed by atoms with Crippen LogP contribution in [0.2, 0.25) is 0 Å². The number of aromatic hydroxyl groups is 1. The predicted molar refractivity (Wildman–Crippen MR) is 59.2 cm³/mol. The zero-order valence-electron chi connectivity index (χ0n) is 8.31. The molecule has 16 heavy (non-hydrogen) atoms. The van der Waals surface area contributed by atoms with Crippen LogP contribution in [0, 0.1) is 18.2 Å². The van der Waals surface area contributed by atoms with E-state index >= 15 is 0 Å². The molecule has 0 unspecified atom stereocenters. The second-order valence-corrected chi connectivity index (χ2v) is 3.19. The molecule has 0 amide bonds. The van der Waals surface area contributed by atoms with Crippen molar-refractivity contribution in [2.75, 3.05) is 0 Å². The van der Waals surface area contributed by atoms with Crippen LogP contribution in [0.4, 0.5) is 4.39 Å². The van der Waals surface area contributed by atoms with Crippen LogP contribution >= 0.6 is 0 Å². The lowest BCUT2D eigenvalue weighted by atomic mass is 10.1. The molecule has 1 heterocycles. The molecule has 0 atom stereocenters. The molecule has 0 saturated heterocycles. The maximum atomic E-state index is 13.4. The van der Waals surface area contributed by atoms with Crippen molar-refractivity contribution in [2.24, 2.45) is 0 Å². The molecule has 0 saturated carbocycles. The zero-order valence-corrected chi connectivity index (χ0v) is 8.31. The van der Waals surface area contributed by atoms with Crippen LogP contribution in [0.15, 0.2) is 36.4 Å². The summed E-state index contributed by atoms with van der Waals surface area (Å²) in [4.78, 5) is 3.85. The van der Waals surface area contributed by atoms with E-state index in [2.05, 4.69) is 10.9 Å². The fourth-order valence-corrected chi connectivity index (χ4v) is 1.38. The first-order valence-corrected chi connectivity index (χ1v) is 4.64. The average molecular weight is 213 g/mol. The van der Waals surface area contributed by atoms with Gasteiger partial charge in [0, 0.05) is 5.56 Å². The first kappa shape index (κ1) is 10.2. The van der Waals surface area contributed by atoms with E-state index in [1.54, 1.807) is 24.3 Å². The van der Waals surface area contributed by atoms with Crippen LogP contribution < -0.4 is 0 Å². The van der Waals surface area contributed by atoms with Gasteiger partial charge < -0.3 is 5.11 Å². The molecule has 1 aromatic carbocycles. The van der Waals surface area contributed by atoms with Crippen LogP contribution in [0.3, 0.4) is 0 Å². The molecule has 0 aliphatic heterocycles. The number of hydrogen-bond acceptors (Lipinski definition) is 2. The molecule has 3 heteroatoms. The molecule has 0 aliphatic rings. The fourth-order valence-electron chi connectivity index (χ4n) is 1.38. The van der Waals surface area contributed by atoms with E-state index in [4.69, 9.17) is 6.42 Å². The molecule has 78 valence electrons. The molecule has 0 fully saturated rings. The lowest BCUT2D eigenvalue weighted by Gasteiger charge is -2.03. The molecule has 0 spiro atoms. The lowest BCUT2D eigenvalue weighted by molar-refractivity contribution is 0.452. The van der Waals surface area contributed by atoms with E-state index in [9.17, 15) is 9.50 Å². The van der Waals surface area contributed by atoms with Gasteiger partial charge in [-0.1, -0.05) is 18.1 Å². The number of rotatable bonds is 1.